The van der Waals surface area contributed by atoms with Crippen molar-refractivity contribution in [2.45, 2.75) is 50.8 Å². The fourth-order valence-corrected chi connectivity index (χ4v) is 1.49. The smallest absolute Gasteiger partial charge is 0.140 e. The van der Waals surface area contributed by atoms with Crippen molar-refractivity contribution in [3.63, 3.8) is 0 Å². The van der Waals surface area contributed by atoms with Crippen LogP contribution in [0.4, 0.5) is 0 Å². The van der Waals surface area contributed by atoms with E-state index in [-0.39, 0.29) is 0 Å². The van der Waals surface area contributed by atoms with Crippen LogP contribution < -0.4 is 0 Å². The zero-order valence-electron chi connectivity index (χ0n) is 9.16. The molecule has 0 radical (unpaired) electrons. The zero-order chi connectivity index (χ0) is 12.2. The third-order valence-corrected chi connectivity index (χ3v) is 2.36. The fourth-order valence-electron chi connectivity index (χ4n) is 1.49. The fraction of sp³-hybridized carbons (Fsp3) is 1.00. The Morgan fingerprint density at radius 1 is 1.07 bits per heavy atom. The van der Waals surface area contributed by atoms with Gasteiger partial charge in [-0.2, -0.15) is 0 Å². The monoisotopic (exact) mass is 224 g/mol. The minimum Gasteiger partial charge on any atom is -0.388 e. The van der Waals surface area contributed by atoms with Crippen LogP contribution in [0.25, 0.3) is 0 Å². The normalized spacial score (nSPS) is 39.2. The highest BCUT2D eigenvalue weighted by Gasteiger charge is 2.46. The molecule has 0 bridgehead atoms. The van der Waals surface area contributed by atoms with Crippen LogP contribution in [0.3, 0.4) is 0 Å². The van der Waals surface area contributed by atoms with Crippen molar-refractivity contribution in [2.75, 3.05) is 6.79 Å². The molecule has 1 aliphatic rings. The van der Waals surface area contributed by atoms with E-state index >= 15 is 0 Å². The summed E-state index contributed by atoms with van der Waals surface area (Å²) in [6, 6.07) is 0. The van der Waals surface area contributed by atoms with E-state index in [1.54, 1.807) is 20.8 Å². The van der Waals surface area contributed by atoms with Gasteiger partial charge in [0.25, 0.3) is 0 Å². The molecule has 92 valence electrons. The van der Waals surface area contributed by atoms with Gasteiger partial charge in [0.05, 0.1) is 11.7 Å². The van der Waals surface area contributed by atoms with Gasteiger partial charge in [-0.25, -0.2) is 0 Å². The molecule has 0 aromatic heterocycles. The van der Waals surface area contributed by atoms with Crippen molar-refractivity contribution in [1.82, 2.24) is 0 Å². The van der Waals surface area contributed by atoms with Crippen molar-refractivity contribution in [2.24, 2.45) is 0 Å². The molecule has 1 heterocycles. The topological polar surface area (TPSA) is 110 Å². The molecule has 1 aliphatic heterocycles. The van der Waals surface area contributed by atoms with E-state index in [0.717, 1.165) is 0 Å². The van der Waals surface area contributed by atoms with Crippen LogP contribution in [-0.4, -0.2) is 62.3 Å². The lowest BCUT2D eigenvalue weighted by molar-refractivity contribution is -0.251. The lowest BCUT2D eigenvalue weighted by atomic mass is 9.88. The number of aliphatic hydroxyl groups excluding tert-OH is 4. The van der Waals surface area contributed by atoms with Crippen molar-refractivity contribution in [1.29, 1.82) is 0 Å². The molecule has 1 rings (SSSR count). The van der Waals surface area contributed by atoms with E-state index in [4.69, 9.17) is 14.9 Å². The van der Waals surface area contributed by atoms with E-state index in [0.29, 0.717) is 0 Å². The molecule has 0 aromatic carbocycles. The molecule has 0 aliphatic carbocycles. The van der Waals surface area contributed by atoms with Crippen molar-refractivity contribution in [3.8, 4) is 0 Å². The Hall–Kier alpha value is -0.240. The second kappa shape index (κ2) is 5.74. The molecule has 1 fully saturated rings. The van der Waals surface area contributed by atoms with E-state index in [9.17, 15) is 15.3 Å². The first-order chi connectivity index (χ1) is 6.77. The van der Waals surface area contributed by atoms with Crippen molar-refractivity contribution in [3.05, 3.63) is 0 Å². The highest BCUT2D eigenvalue weighted by Crippen LogP contribution is 2.28. The van der Waals surface area contributed by atoms with Crippen LogP contribution in [0.5, 0.6) is 0 Å². The van der Waals surface area contributed by atoms with Gasteiger partial charge in [0, 0.05) is 0 Å². The van der Waals surface area contributed by atoms with E-state index in [1.807, 2.05) is 0 Å². The third kappa shape index (κ3) is 3.67. The summed E-state index contributed by atoms with van der Waals surface area (Å²) in [5, 5.41) is 42.4. The van der Waals surface area contributed by atoms with Gasteiger partial charge in [-0.15, -0.1) is 0 Å². The molecule has 2 unspecified atom stereocenters. The van der Waals surface area contributed by atoms with Gasteiger partial charge in [-0.05, 0) is 20.8 Å². The third-order valence-electron chi connectivity index (χ3n) is 2.36. The molecule has 0 aromatic rings. The first kappa shape index (κ1) is 14.8. The molecule has 1 saturated heterocycles. The largest absolute Gasteiger partial charge is 0.388 e. The summed E-state index contributed by atoms with van der Waals surface area (Å²) in [4.78, 5) is 0. The summed E-state index contributed by atoms with van der Waals surface area (Å²) >= 11 is 0. The first-order valence-corrected chi connectivity index (χ1v) is 4.71. The Morgan fingerprint density at radius 2 is 1.47 bits per heavy atom. The molecule has 5 N–H and O–H groups in total. The van der Waals surface area contributed by atoms with E-state index < -0.39 is 36.8 Å². The summed E-state index contributed by atoms with van der Waals surface area (Å²) in [6.45, 7) is 4.29. The SMILES string of the molecule is CC1OC(C)(C)C(O)[C@@H](O)[C@@H]1O.OCO. The second-order valence-electron chi connectivity index (χ2n) is 3.99. The Morgan fingerprint density at radius 3 is 1.87 bits per heavy atom. The van der Waals surface area contributed by atoms with Crippen LogP contribution in [0.15, 0.2) is 0 Å². The van der Waals surface area contributed by atoms with Crippen molar-refractivity contribution >= 4 is 0 Å². The molecule has 6 nitrogen and oxygen atoms in total. The summed E-state index contributed by atoms with van der Waals surface area (Å²) in [6.07, 6.45) is -3.61. The Bertz CT molecular complexity index is 183. The number of hydrogen-bond donors (Lipinski definition) is 5. The van der Waals surface area contributed by atoms with E-state index in [1.165, 1.54) is 0 Å². The van der Waals surface area contributed by atoms with E-state index in [2.05, 4.69) is 0 Å². The van der Waals surface area contributed by atoms with Gasteiger partial charge in [-0.1, -0.05) is 0 Å². The molecule has 4 atom stereocenters. The first-order valence-electron chi connectivity index (χ1n) is 4.71. The number of ether oxygens (including phenoxy) is 1. The number of hydrogen-bond acceptors (Lipinski definition) is 6. The van der Waals surface area contributed by atoms with Gasteiger partial charge in [0.1, 0.15) is 25.1 Å². The lowest BCUT2D eigenvalue weighted by Crippen LogP contribution is -2.61. The zero-order valence-corrected chi connectivity index (χ0v) is 9.16. The van der Waals surface area contributed by atoms with Gasteiger partial charge < -0.3 is 30.3 Å². The van der Waals surface area contributed by atoms with Crippen LogP contribution >= 0.6 is 0 Å². The minimum absolute atomic E-state index is 0.446. The minimum atomic E-state index is -1.12. The average Bonchev–Trinajstić information content (AvgIpc) is 2.13. The maximum atomic E-state index is 9.46. The Labute approximate surface area is 88.7 Å². The van der Waals surface area contributed by atoms with Crippen LogP contribution in [0, 0.1) is 0 Å². The Kier molecular flexibility index (Phi) is 5.65. The predicted octanol–water partition coefficient (Wildman–Crippen LogP) is -1.81. The summed E-state index contributed by atoms with van der Waals surface area (Å²) < 4.78 is 5.31. The molecular weight excluding hydrogens is 204 g/mol. The van der Waals surface area contributed by atoms with Crippen molar-refractivity contribution < 1.29 is 30.3 Å². The highest BCUT2D eigenvalue weighted by atomic mass is 16.5. The van der Waals surface area contributed by atoms with Gasteiger partial charge >= 0.3 is 0 Å². The standard InChI is InChI=1S/C8H16O4.CH4O2/c1-4-5(9)6(10)7(11)8(2,3)12-4;2-1-3/h4-7,9-11H,1-3H3;2-3H,1H2/t4?,5-,6+,7?;/m1./s1. The summed E-state index contributed by atoms with van der Waals surface area (Å²) in [7, 11) is 0. The molecular formula is C9H20O6. The lowest BCUT2D eigenvalue weighted by Gasteiger charge is -2.44. The average molecular weight is 224 g/mol. The number of rotatable bonds is 0. The quantitative estimate of drug-likeness (QED) is 0.310. The maximum absolute atomic E-state index is 9.46. The van der Waals surface area contributed by atoms with Crippen LogP contribution in [0.2, 0.25) is 0 Å². The molecule has 0 spiro atoms. The summed E-state index contributed by atoms with van der Waals surface area (Å²) in [5.41, 5.74) is -0.794. The molecule has 0 saturated carbocycles. The van der Waals surface area contributed by atoms with Gasteiger partial charge in [0.2, 0.25) is 0 Å². The predicted molar refractivity (Wildman–Crippen MR) is 52.0 cm³/mol. The Balaban J connectivity index is 0.000000583. The molecule has 0 amide bonds. The molecule has 6 heteroatoms. The van der Waals surface area contributed by atoms with Gasteiger partial charge in [-0.3, -0.25) is 0 Å². The van der Waals surface area contributed by atoms with Gasteiger partial charge in [0.15, 0.2) is 0 Å². The molecule has 15 heavy (non-hydrogen) atoms. The maximum Gasteiger partial charge on any atom is 0.140 e. The second-order valence-corrected chi connectivity index (χ2v) is 3.99. The summed E-state index contributed by atoms with van der Waals surface area (Å²) in [5.74, 6) is 0. The highest BCUT2D eigenvalue weighted by molar-refractivity contribution is 4.95. The number of aliphatic hydroxyl groups is 5. The van der Waals surface area contributed by atoms with Crippen LogP contribution in [-0.2, 0) is 4.74 Å². The van der Waals surface area contributed by atoms with Crippen LogP contribution in [0.1, 0.15) is 20.8 Å².